The standard InChI is InChI=1S/C14H23NO/c1-10-5-6-13(9-12(10)3)14(15)11(2)7-8-16-4/h5-6,9,11,14H,7-8,15H2,1-4H3. The second kappa shape index (κ2) is 6.02. The van der Waals surface area contributed by atoms with Gasteiger partial charge in [0.25, 0.3) is 0 Å². The molecular formula is C14H23NO. The van der Waals surface area contributed by atoms with Gasteiger partial charge in [-0.05, 0) is 42.9 Å². The predicted octanol–water partition coefficient (Wildman–Crippen LogP) is 2.98. The van der Waals surface area contributed by atoms with E-state index in [-0.39, 0.29) is 6.04 Å². The molecule has 90 valence electrons. The van der Waals surface area contributed by atoms with Crippen LogP contribution in [0.3, 0.4) is 0 Å². The molecule has 2 nitrogen and oxygen atoms in total. The molecule has 2 N–H and O–H groups in total. The second-order valence-electron chi connectivity index (χ2n) is 4.63. The highest BCUT2D eigenvalue weighted by Crippen LogP contribution is 2.23. The Labute approximate surface area is 98.8 Å². The zero-order valence-corrected chi connectivity index (χ0v) is 10.8. The zero-order valence-electron chi connectivity index (χ0n) is 10.8. The first-order chi connectivity index (χ1) is 7.56. The first-order valence-electron chi connectivity index (χ1n) is 5.88. The summed E-state index contributed by atoms with van der Waals surface area (Å²) in [6.07, 6.45) is 1.00. The number of ether oxygens (including phenoxy) is 1. The normalized spacial score (nSPS) is 14.8. The molecule has 0 radical (unpaired) electrons. The van der Waals surface area contributed by atoms with Crippen molar-refractivity contribution in [3.05, 3.63) is 34.9 Å². The molecule has 2 atom stereocenters. The third-order valence-corrected chi connectivity index (χ3v) is 3.31. The summed E-state index contributed by atoms with van der Waals surface area (Å²) < 4.78 is 5.09. The molecule has 16 heavy (non-hydrogen) atoms. The lowest BCUT2D eigenvalue weighted by molar-refractivity contribution is 0.174. The molecule has 1 aromatic carbocycles. The Kier molecular flexibility index (Phi) is 4.97. The van der Waals surface area contributed by atoms with E-state index < -0.39 is 0 Å². The van der Waals surface area contributed by atoms with Crippen molar-refractivity contribution in [2.24, 2.45) is 11.7 Å². The van der Waals surface area contributed by atoms with Crippen LogP contribution in [0.2, 0.25) is 0 Å². The molecule has 0 aliphatic heterocycles. The van der Waals surface area contributed by atoms with Crippen molar-refractivity contribution >= 4 is 0 Å². The van der Waals surface area contributed by atoms with Gasteiger partial charge in [0.15, 0.2) is 0 Å². The highest BCUT2D eigenvalue weighted by atomic mass is 16.5. The predicted molar refractivity (Wildman–Crippen MR) is 68.5 cm³/mol. The Hall–Kier alpha value is -0.860. The average Bonchev–Trinajstić information content (AvgIpc) is 2.28. The van der Waals surface area contributed by atoms with Crippen LogP contribution in [-0.4, -0.2) is 13.7 Å². The van der Waals surface area contributed by atoms with Gasteiger partial charge in [0.05, 0.1) is 0 Å². The highest BCUT2D eigenvalue weighted by Gasteiger charge is 2.14. The van der Waals surface area contributed by atoms with Crippen LogP contribution in [0.15, 0.2) is 18.2 Å². The summed E-state index contributed by atoms with van der Waals surface area (Å²) in [7, 11) is 1.73. The van der Waals surface area contributed by atoms with E-state index in [4.69, 9.17) is 10.5 Å². The van der Waals surface area contributed by atoms with Crippen LogP contribution in [0, 0.1) is 19.8 Å². The van der Waals surface area contributed by atoms with Crippen molar-refractivity contribution < 1.29 is 4.74 Å². The number of aryl methyl sites for hydroxylation is 2. The minimum Gasteiger partial charge on any atom is -0.385 e. The fourth-order valence-electron chi connectivity index (χ4n) is 1.78. The molecule has 0 saturated carbocycles. The summed E-state index contributed by atoms with van der Waals surface area (Å²) in [6.45, 7) is 7.21. The first kappa shape index (κ1) is 13.2. The molecule has 0 bridgehead atoms. The van der Waals surface area contributed by atoms with E-state index in [0.717, 1.165) is 13.0 Å². The summed E-state index contributed by atoms with van der Waals surface area (Å²) >= 11 is 0. The smallest absolute Gasteiger partial charge is 0.0465 e. The van der Waals surface area contributed by atoms with E-state index in [0.29, 0.717) is 5.92 Å². The Morgan fingerprint density at radius 3 is 2.50 bits per heavy atom. The third kappa shape index (κ3) is 3.32. The lowest BCUT2D eigenvalue weighted by atomic mass is 9.91. The molecule has 0 aliphatic carbocycles. The highest BCUT2D eigenvalue weighted by molar-refractivity contribution is 5.31. The van der Waals surface area contributed by atoms with Crippen LogP contribution in [0.1, 0.15) is 36.1 Å². The summed E-state index contributed by atoms with van der Waals surface area (Å²) in [4.78, 5) is 0. The van der Waals surface area contributed by atoms with E-state index in [1.165, 1.54) is 16.7 Å². The van der Waals surface area contributed by atoms with Crippen molar-refractivity contribution in [1.29, 1.82) is 0 Å². The van der Waals surface area contributed by atoms with Crippen molar-refractivity contribution in [3.8, 4) is 0 Å². The molecule has 0 spiro atoms. The van der Waals surface area contributed by atoms with Crippen molar-refractivity contribution in [3.63, 3.8) is 0 Å². The largest absolute Gasteiger partial charge is 0.385 e. The van der Waals surface area contributed by atoms with Gasteiger partial charge >= 0.3 is 0 Å². The molecule has 1 aromatic rings. The monoisotopic (exact) mass is 221 g/mol. The summed E-state index contributed by atoms with van der Waals surface area (Å²) in [6, 6.07) is 6.59. The maximum Gasteiger partial charge on any atom is 0.0465 e. The minimum atomic E-state index is 0.106. The number of hydrogen-bond donors (Lipinski definition) is 1. The van der Waals surface area contributed by atoms with Gasteiger partial charge in [0, 0.05) is 19.8 Å². The van der Waals surface area contributed by atoms with Gasteiger partial charge < -0.3 is 10.5 Å². The van der Waals surface area contributed by atoms with Gasteiger partial charge in [-0.2, -0.15) is 0 Å². The van der Waals surface area contributed by atoms with Crippen LogP contribution in [0.5, 0.6) is 0 Å². The van der Waals surface area contributed by atoms with E-state index >= 15 is 0 Å². The number of hydrogen-bond acceptors (Lipinski definition) is 2. The zero-order chi connectivity index (χ0) is 12.1. The van der Waals surface area contributed by atoms with Crippen LogP contribution in [0.25, 0.3) is 0 Å². The van der Waals surface area contributed by atoms with E-state index in [2.05, 4.69) is 39.0 Å². The molecule has 2 heteroatoms. The van der Waals surface area contributed by atoms with Crippen LogP contribution in [0.4, 0.5) is 0 Å². The van der Waals surface area contributed by atoms with E-state index in [1.807, 2.05) is 0 Å². The number of benzene rings is 1. The Morgan fingerprint density at radius 1 is 1.25 bits per heavy atom. The minimum absolute atomic E-state index is 0.106. The fourth-order valence-corrected chi connectivity index (χ4v) is 1.78. The first-order valence-corrected chi connectivity index (χ1v) is 5.88. The van der Waals surface area contributed by atoms with Gasteiger partial charge in [0.1, 0.15) is 0 Å². The average molecular weight is 221 g/mol. The SMILES string of the molecule is COCCC(C)C(N)c1ccc(C)c(C)c1. The second-order valence-corrected chi connectivity index (χ2v) is 4.63. The maximum absolute atomic E-state index is 6.24. The van der Waals surface area contributed by atoms with E-state index in [9.17, 15) is 0 Å². The Bertz CT molecular complexity index is 336. The number of methoxy groups -OCH3 is 1. The quantitative estimate of drug-likeness (QED) is 0.829. The fraction of sp³-hybridized carbons (Fsp3) is 0.571. The maximum atomic E-state index is 6.24. The molecule has 0 fully saturated rings. The van der Waals surface area contributed by atoms with Crippen LogP contribution >= 0.6 is 0 Å². The number of nitrogens with two attached hydrogens (primary N) is 1. The molecule has 0 aliphatic rings. The van der Waals surface area contributed by atoms with E-state index in [1.54, 1.807) is 7.11 Å². The molecular weight excluding hydrogens is 198 g/mol. The van der Waals surface area contributed by atoms with Gasteiger partial charge in [0.2, 0.25) is 0 Å². The summed E-state index contributed by atoms with van der Waals surface area (Å²) in [5.41, 5.74) is 10.1. The van der Waals surface area contributed by atoms with Gasteiger partial charge in [-0.15, -0.1) is 0 Å². The molecule has 1 rings (SSSR count). The van der Waals surface area contributed by atoms with Crippen LogP contribution in [-0.2, 0) is 4.74 Å². The molecule has 0 amide bonds. The third-order valence-electron chi connectivity index (χ3n) is 3.31. The molecule has 0 aromatic heterocycles. The van der Waals surface area contributed by atoms with Crippen molar-refractivity contribution in [1.82, 2.24) is 0 Å². The van der Waals surface area contributed by atoms with Gasteiger partial charge in [-0.1, -0.05) is 25.1 Å². The Balaban J connectivity index is 2.71. The van der Waals surface area contributed by atoms with Crippen molar-refractivity contribution in [2.75, 3.05) is 13.7 Å². The molecule has 2 unspecified atom stereocenters. The molecule has 0 saturated heterocycles. The topological polar surface area (TPSA) is 35.2 Å². The number of rotatable bonds is 5. The lowest BCUT2D eigenvalue weighted by Gasteiger charge is -2.20. The molecule has 0 heterocycles. The van der Waals surface area contributed by atoms with Gasteiger partial charge in [-0.3, -0.25) is 0 Å². The van der Waals surface area contributed by atoms with Crippen LogP contribution < -0.4 is 5.73 Å². The summed E-state index contributed by atoms with van der Waals surface area (Å²) in [5, 5.41) is 0. The summed E-state index contributed by atoms with van der Waals surface area (Å²) in [5.74, 6) is 0.446. The van der Waals surface area contributed by atoms with Gasteiger partial charge in [-0.25, -0.2) is 0 Å². The van der Waals surface area contributed by atoms with Crippen molar-refractivity contribution in [2.45, 2.75) is 33.2 Å². The lowest BCUT2D eigenvalue weighted by Crippen LogP contribution is -2.20. The Morgan fingerprint density at radius 2 is 1.94 bits per heavy atom.